The minimum absolute atomic E-state index is 0.206. The van der Waals surface area contributed by atoms with Crippen LogP contribution in [0.5, 0.6) is 0 Å². The van der Waals surface area contributed by atoms with Crippen molar-refractivity contribution in [3.8, 4) is 0 Å². The lowest BCUT2D eigenvalue weighted by Crippen LogP contribution is -2.55. The molecule has 10 heteroatoms. The summed E-state index contributed by atoms with van der Waals surface area (Å²) in [5.41, 5.74) is 6.62. The number of methoxy groups -OCH3 is 2. The van der Waals surface area contributed by atoms with Crippen molar-refractivity contribution in [2.75, 3.05) is 26.5 Å². The number of aliphatic carboxylic acids is 1. The van der Waals surface area contributed by atoms with Crippen LogP contribution in [0.15, 0.2) is 0 Å². The van der Waals surface area contributed by atoms with Crippen LogP contribution in [0.25, 0.3) is 0 Å². The zero-order valence-corrected chi connectivity index (χ0v) is 20.7. The van der Waals surface area contributed by atoms with Crippen LogP contribution in [0, 0.1) is 23.7 Å². The lowest BCUT2D eigenvalue weighted by atomic mass is 9.53. The van der Waals surface area contributed by atoms with Crippen molar-refractivity contribution in [1.29, 1.82) is 0 Å². The summed E-state index contributed by atoms with van der Waals surface area (Å²) in [5.74, 6) is -0.358. The standard InChI is InChI=1S/C13H21NO7S.C10H17N/c1-8(7-22)13(19)14(6-10(15)16)9(4-11(17)20-2)5-12(18)21-3;11-10-4-7-1-8(5-10)3-9(2-7)6-10/h8-9,22H,4-7H2,1-3H3,(H,15,16);7-9H,1-6,11H2. The molecule has 0 saturated heterocycles. The van der Waals surface area contributed by atoms with Crippen molar-refractivity contribution in [3.05, 3.63) is 0 Å². The van der Waals surface area contributed by atoms with Gasteiger partial charge in [0.15, 0.2) is 0 Å². The summed E-state index contributed by atoms with van der Waals surface area (Å²) in [4.78, 5) is 47.2. The van der Waals surface area contributed by atoms with E-state index in [-0.39, 0.29) is 18.6 Å². The summed E-state index contributed by atoms with van der Waals surface area (Å²) in [6.45, 7) is 0.952. The van der Waals surface area contributed by atoms with Gasteiger partial charge in [-0.2, -0.15) is 12.6 Å². The number of esters is 2. The Hall–Kier alpha value is -1.81. The third kappa shape index (κ3) is 7.88. The van der Waals surface area contributed by atoms with Crippen molar-refractivity contribution in [3.63, 3.8) is 0 Å². The first kappa shape index (κ1) is 27.4. The van der Waals surface area contributed by atoms with Crippen LogP contribution in [0.2, 0.25) is 0 Å². The van der Waals surface area contributed by atoms with Gasteiger partial charge in [-0.05, 0) is 56.3 Å². The van der Waals surface area contributed by atoms with Crippen molar-refractivity contribution in [2.45, 2.75) is 69.9 Å². The highest BCUT2D eigenvalue weighted by atomic mass is 32.1. The lowest BCUT2D eigenvalue weighted by Gasteiger charge is -2.55. The summed E-state index contributed by atoms with van der Waals surface area (Å²) in [5, 5.41) is 8.97. The van der Waals surface area contributed by atoms with Crippen LogP contribution < -0.4 is 5.73 Å². The van der Waals surface area contributed by atoms with Gasteiger partial charge in [-0.1, -0.05) is 6.92 Å². The molecule has 4 fully saturated rings. The first-order chi connectivity index (χ1) is 15.5. The number of hydrogen-bond acceptors (Lipinski definition) is 8. The molecule has 4 aliphatic rings. The van der Waals surface area contributed by atoms with E-state index in [4.69, 9.17) is 10.8 Å². The minimum atomic E-state index is -1.25. The van der Waals surface area contributed by atoms with Crippen molar-refractivity contribution in [2.24, 2.45) is 29.4 Å². The number of carboxylic acid groups (broad SMARTS) is 1. The topological polar surface area (TPSA) is 136 Å². The Kier molecular flexibility index (Phi) is 10.0. The maximum Gasteiger partial charge on any atom is 0.323 e. The Balaban J connectivity index is 0.000000283. The Labute approximate surface area is 201 Å². The third-order valence-electron chi connectivity index (χ3n) is 7.07. The number of nitrogens with zero attached hydrogens (tertiary/aromatic N) is 1. The van der Waals surface area contributed by atoms with E-state index in [0.29, 0.717) is 5.54 Å². The summed E-state index contributed by atoms with van der Waals surface area (Å²) < 4.78 is 9.05. The van der Waals surface area contributed by atoms with Crippen LogP contribution in [-0.2, 0) is 28.7 Å². The second-order valence-electron chi connectivity index (χ2n) is 9.94. The van der Waals surface area contributed by atoms with Gasteiger partial charge < -0.3 is 25.2 Å². The van der Waals surface area contributed by atoms with Gasteiger partial charge in [0.05, 0.1) is 33.1 Å². The lowest BCUT2D eigenvalue weighted by molar-refractivity contribution is -0.153. The van der Waals surface area contributed by atoms with Crippen molar-refractivity contribution >= 4 is 36.4 Å². The number of carbonyl (C=O) groups excluding carboxylic acids is 3. The molecule has 1 atom stereocenters. The number of nitrogens with two attached hydrogens (primary N) is 1. The number of carbonyl (C=O) groups is 4. The van der Waals surface area contributed by atoms with Gasteiger partial charge in [0, 0.05) is 17.2 Å². The molecule has 188 valence electrons. The quantitative estimate of drug-likeness (QED) is 0.332. The first-order valence-electron chi connectivity index (χ1n) is 11.6. The largest absolute Gasteiger partial charge is 0.480 e. The smallest absolute Gasteiger partial charge is 0.323 e. The fraction of sp³-hybridized carbons (Fsp3) is 0.826. The highest BCUT2D eigenvalue weighted by Gasteiger charge is 2.48. The van der Waals surface area contributed by atoms with E-state index in [1.165, 1.54) is 38.5 Å². The van der Waals surface area contributed by atoms with Crippen molar-refractivity contribution < 1.29 is 33.8 Å². The van der Waals surface area contributed by atoms with Gasteiger partial charge in [-0.15, -0.1) is 0 Å². The van der Waals surface area contributed by atoms with Crippen LogP contribution in [-0.4, -0.2) is 71.9 Å². The summed E-state index contributed by atoms with van der Waals surface area (Å²) in [6, 6.07) is -0.953. The molecule has 4 saturated carbocycles. The average molecular weight is 487 g/mol. The van der Waals surface area contributed by atoms with E-state index in [2.05, 4.69) is 22.1 Å². The predicted octanol–water partition coefficient (Wildman–Crippen LogP) is 1.87. The zero-order chi connectivity index (χ0) is 24.8. The van der Waals surface area contributed by atoms with E-state index in [9.17, 15) is 19.2 Å². The molecule has 1 amide bonds. The van der Waals surface area contributed by atoms with Crippen LogP contribution >= 0.6 is 12.6 Å². The molecule has 0 spiro atoms. The molecule has 3 N–H and O–H groups in total. The van der Waals surface area contributed by atoms with Gasteiger partial charge in [0.1, 0.15) is 6.54 Å². The van der Waals surface area contributed by atoms with E-state index >= 15 is 0 Å². The second kappa shape index (κ2) is 12.1. The predicted molar refractivity (Wildman–Crippen MR) is 125 cm³/mol. The molecule has 0 aliphatic heterocycles. The molecule has 0 aromatic heterocycles. The maximum atomic E-state index is 12.3. The van der Waals surface area contributed by atoms with Gasteiger partial charge in [0.2, 0.25) is 5.91 Å². The monoisotopic (exact) mass is 486 g/mol. The Morgan fingerprint density at radius 3 is 1.73 bits per heavy atom. The number of rotatable bonds is 9. The molecule has 33 heavy (non-hydrogen) atoms. The molecule has 0 aromatic carbocycles. The molecule has 4 rings (SSSR count). The number of carboxylic acids is 1. The maximum absolute atomic E-state index is 12.3. The number of amides is 1. The van der Waals surface area contributed by atoms with E-state index in [0.717, 1.165) is 36.9 Å². The molecular formula is C23H38N2O7S. The number of hydrogen-bond donors (Lipinski definition) is 3. The van der Waals surface area contributed by atoms with Gasteiger partial charge in [-0.3, -0.25) is 19.2 Å². The minimum Gasteiger partial charge on any atom is -0.480 e. The van der Waals surface area contributed by atoms with E-state index in [1.54, 1.807) is 6.92 Å². The highest BCUT2D eigenvalue weighted by Crippen LogP contribution is 2.54. The van der Waals surface area contributed by atoms with Crippen molar-refractivity contribution in [1.82, 2.24) is 4.90 Å². The fourth-order valence-electron chi connectivity index (χ4n) is 5.92. The molecule has 1 unspecified atom stereocenters. The number of thiol groups is 1. The SMILES string of the molecule is COC(=O)CC(CC(=O)OC)N(CC(=O)O)C(=O)C(C)CS.NC12CC3CC(CC(C3)C1)C2. The third-order valence-corrected chi connectivity index (χ3v) is 7.62. The summed E-state index contributed by atoms with van der Waals surface area (Å²) in [6.07, 6.45) is 7.97. The first-order valence-corrected chi connectivity index (χ1v) is 12.2. The average Bonchev–Trinajstić information content (AvgIpc) is 2.74. The Bertz CT molecular complexity index is 676. The van der Waals surface area contributed by atoms with Gasteiger partial charge in [-0.25, -0.2) is 0 Å². The summed E-state index contributed by atoms with van der Waals surface area (Å²) in [7, 11) is 2.33. The normalized spacial score (nSPS) is 27.9. The fourth-order valence-corrected chi connectivity index (χ4v) is 6.07. The molecule has 0 radical (unpaired) electrons. The molecule has 9 nitrogen and oxygen atoms in total. The van der Waals surface area contributed by atoms with Gasteiger partial charge >= 0.3 is 17.9 Å². The molecule has 4 aliphatic carbocycles. The summed E-state index contributed by atoms with van der Waals surface area (Å²) >= 11 is 4.01. The molecule has 0 heterocycles. The van der Waals surface area contributed by atoms with Crippen LogP contribution in [0.4, 0.5) is 0 Å². The molecule has 4 bridgehead atoms. The highest BCUT2D eigenvalue weighted by molar-refractivity contribution is 7.80. The zero-order valence-electron chi connectivity index (χ0n) is 19.8. The van der Waals surface area contributed by atoms with Crippen LogP contribution in [0.1, 0.15) is 58.3 Å². The van der Waals surface area contributed by atoms with Crippen LogP contribution in [0.3, 0.4) is 0 Å². The van der Waals surface area contributed by atoms with E-state index < -0.39 is 42.3 Å². The molecular weight excluding hydrogens is 448 g/mol. The Morgan fingerprint density at radius 2 is 1.42 bits per heavy atom. The van der Waals surface area contributed by atoms with Gasteiger partial charge in [0.25, 0.3) is 0 Å². The molecule has 0 aromatic rings. The number of ether oxygens (including phenoxy) is 2. The van der Waals surface area contributed by atoms with E-state index in [1.807, 2.05) is 0 Å². The second-order valence-corrected chi connectivity index (χ2v) is 10.3. The Morgan fingerprint density at radius 1 is 1.00 bits per heavy atom.